The Balaban J connectivity index is 0. The molecule has 0 radical (unpaired) electrons. The fourth-order valence-corrected chi connectivity index (χ4v) is 1.53. The van der Waals surface area contributed by atoms with Crippen molar-refractivity contribution in [1.82, 2.24) is 0 Å². The van der Waals surface area contributed by atoms with E-state index >= 15 is 0 Å². The quantitative estimate of drug-likeness (QED) is 0.222. The fraction of sp³-hybridized carbons (Fsp3) is 1.00. The number of aliphatic hydroxyl groups is 8. The van der Waals surface area contributed by atoms with E-state index in [1.165, 1.54) is 6.92 Å². The van der Waals surface area contributed by atoms with Gasteiger partial charge in [-0.25, -0.2) is 0 Å². The van der Waals surface area contributed by atoms with Crippen molar-refractivity contribution in [2.45, 2.75) is 76.2 Å². The fourth-order valence-electron chi connectivity index (χ4n) is 1.53. The maximum Gasteiger partial charge on any atom is 0.108 e. The zero-order valence-electron chi connectivity index (χ0n) is 13.3. The van der Waals surface area contributed by atoms with E-state index in [0.29, 0.717) is 25.7 Å². The van der Waals surface area contributed by atoms with Crippen LogP contribution < -0.4 is 0 Å². The first-order chi connectivity index (χ1) is 10.2. The predicted molar refractivity (Wildman–Crippen MR) is 80.0 cm³/mol. The SMILES string of the molecule is CCC(O)C(O)C(O)C(C)O.OCC(O)CCCC(O)CO. The van der Waals surface area contributed by atoms with Gasteiger partial charge in [-0.3, -0.25) is 0 Å². The summed E-state index contributed by atoms with van der Waals surface area (Å²) in [6.45, 7) is 2.56. The lowest BCUT2D eigenvalue weighted by molar-refractivity contribution is -0.100. The van der Waals surface area contributed by atoms with Crippen molar-refractivity contribution in [3.63, 3.8) is 0 Å². The summed E-state index contributed by atoms with van der Waals surface area (Å²) in [6.07, 6.45) is -4.02. The van der Waals surface area contributed by atoms with Gasteiger partial charge in [-0.2, -0.15) is 0 Å². The molecule has 0 fully saturated rings. The first kappa shape index (κ1) is 23.9. The molecule has 6 atom stereocenters. The van der Waals surface area contributed by atoms with Crippen LogP contribution in [0.15, 0.2) is 0 Å². The van der Waals surface area contributed by atoms with Gasteiger partial charge in [-0.1, -0.05) is 6.92 Å². The molecule has 6 unspecified atom stereocenters. The van der Waals surface area contributed by atoms with Gasteiger partial charge in [0.2, 0.25) is 0 Å². The summed E-state index contributed by atoms with van der Waals surface area (Å²) >= 11 is 0. The van der Waals surface area contributed by atoms with E-state index in [0.717, 1.165) is 0 Å². The van der Waals surface area contributed by atoms with Crippen LogP contribution in [0.1, 0.15) is 39.5 Å². The maximum atomic E-state index is 9.10. The van der Waals surface area contributed by atoms with Crippen LogP contribution in [0.25, 0.3) is 0 Å². The molecule has 0 amide bonds. The smallest absolute Gasteiger partial charge is 0.108 e. The number of hydrogen-bond donors (Lipinski definition) is 8. The van der Waals surface area contributed by atoms with Crippen LogP contribution in [0.2, 0.25) is 0 Å². The van der Waals surface area contributed by atoms with Crippen LogP contribution in [-0.2, 0) is 0 Å². The summed E-state index contributed by atoms with van der Waals surface area (Å²) in [7, 11) is 0. The zero-order valence-corrected chi connectivity index (χ0v) is 13.3. The van der Waals surface area contributed by atoms with Gasteiger partial charge in [0, 0.05) is 0 Å². The van der Waals surface area contributed by atoms with Crippen molar-refractivity contribution in [3.05, 3.63) is 0 Å². The maximum absolute atomic E-state index is 9.10. The van der Waals surface area contributed by atoms with Gasteiger partial charge >= 0.3 is 0 Å². The second-order valence-electron chi connectivity index (χ2n) is 5.30. The Morgan fingerprint density at radius 3 is 1.41 bits per heavy atom. The average Bonchev–Trinajstić information content (AvgIpc) is 2.52. The van der Waals surface area contributed by atoms with E-state index < -0.39 is 36.6 Å². The lowest BCUT2D eigenvalue weighted by atomic mass is 10.0. The van der Waals surface area contributed by atoms with Crippen LogP contribution in [-0.4, -0.2) is 90.7 Å². The van der Waals surface area contributed by atoms with Gasteiger partial charge in [0.15, 0.2) is 0 Å². The minimum absolute atomic E-state index is 0.241. The summed E-state index contributed by atoms with van der Waals surface area (Å²) in [5.41, 5.74) is 0. The van der Waals surface area contributed by atoms with Crippen molar-refractivity contribution in [2.24, 2.45) is 0 Å². The third kappa shape index (κ3) is 12.2. The molecule has 0 aliphatic rings. The molecular formula is C14H32O8. The van der Waals surface area contributed by atoms with Gasteiger partial charge in [-0.05, 0) is 32.6 Å². The zero-order chi connectivity index (χ0) is 17.7. The molecule has 8 N–H and O–H groups in total. The van der Waals surface area contributed by atoms with Crippen molar-refractivity contribution < 1.29 is 40.9 Å². The molecular weight excluding hydrogens is 296 g/mol. The molecule has 22 heavy (non-hydrogen) atoms. The monoisotopic (exact) mass is 328 g/mol. The minimum atomic E-state index is -1.27. The van der Waals surface area contributed by atoms with E-state index in [1.807, 2.05) is 0 Å². The molecule has 136 valence electrons. The largest absolute Gasteiger partial charge is 0.394 e. The second-order valence-corrected chi connectivity index (χ2v) is 5.30. The molecule has 0 bridgehead atoms. The number of hydrogen-bond acceptors (Lipinski definition) is 8. The van der Waals surface area contributed by atoms with Gasteiger partial charge < -0.3 is 40.9 Å². The Morgan fingerprint density at radius 1 is 0.727 bits per heavy atom. The summed E-state index contributed by atoms with van der Waals surface area (Å²) < 4.78 is 0. The van der Waals surface area contributed by atoms with E-state index in [9.17, 15) is 0 Å². The van der Waals surface area contributed by atoms with E-state index in [-0.39, 0.29) is 13.2 Å². The molecule has 0 aromatic heterocycles. The molecule has 0 saturated heterocycles. The van der Waals surface area contributed by atoms with Crippen LogP contribution >= 0.6 is 0 Å². The summed E-state index contributed by atoms with van der Waals surface area (Å²) in [4.78, 5) is 0. The lowest BCUT2D eigenvalue weighted by Crippen LogP contribution is -2.42. The molecule has 0 aliphatic heterocycles. The molecule has 0 saturated carbocycles. The topological polar surface area (TPSA) is 162 Å². The third-order valence-electron chi connectivity index (χ3n) is 3.15. The van der Waals surface area contributed by atoms with Crippen LogP contribution in [0.3, 0.4) is 0 Å². The number of rotatable bonds is 10. The second kappa shape index (κ2) is 14.3. The highest BCUT2D eigenvalue weighted by molar-refractivity contribution is 4.77. The van der Waals surface area contributed by atoms with E-state index in [1.54, 1.807) is 6.92 Å². The molecule has 8 nitrogen and oxygen atoms in total. The molecule has 0 heterocycles. The normalized spacial score (nSPS) is 19.4. The molecule has 0 spiro atoms. The van der Waals surface area contributed by atoms with Crippen LogP contribution in [0.5, 0.6) is 0 Å². The van der Waals surface area contributed by atoms with Gasteiger partial charge in [0.05, 0.1) is 37.6 Å². The molecule has 0 rings (SSSR count). The Bertz CT molecular complexity index is 229. The molecule has 0 aromatic rings. The molecule has 0 aliphatic carbocycles. The summed E-state index contributed by atoms with van der Waals surface area (Å²) in [6, 6.07) is 0. The Hall–Kier alpha value is -0.320. The van der Waals surface area contributed by atoms with Crippen molar-refractivity contribution in [1.29, 1.82) is 0 Å². The lowest BCUT2D eigenvalue weighted by Gasteiger charge is -2.23. The van der Waals surface area contributed by atoms with Gasteiger partial charge in [0.1, 0.15) is 12.2 Å². The van der Waals surface area contributed by atoms with Crippen molar-refractivity contribution in [2.75, 3.05) is 13.2 Å². The Kier molecular flexibility index (Phi) is 15.5. The highest BCUT2D eigenvalue weighted by Crippen LogP contribution is 2.06. The Labute approximate surface area is 131 Å². The number of aliphatic hydroxyl groups excluding tert-OH is 8. The van der Waals surface area contributed by atoms with E-state index in [2.05, 4.69) is 0 Å². The van der Waals surface area contributed by atoms with Crippen LogP contribution in [0, 0.1) is 0 Å². The predicted octanol–water partition coefficient (Wildman–Crippen LogP) is -2.28. The minimum Gasteiger partial charge on any atom is -0.394 e. The van der Waals surface area contributed by atoms with Gasteiger partial charge in [0.25, 0.3) is 0 Å². The van der Waals surface area contributed by atoms with Crippen LogP contribution in [0.4, 0.5) is 0 Å². The van der Waals surface area contributed by atoms with Crippen molar-refractivity contribution in [3.8, 4) is 0 Å². The first-order valence-corrected chi connectivity index (χ1v) is 7.51. The van der Waals surface area contributed by atoms with Crippen molar-refractivity contribution >= 4 is 0 Å². The Morgan fingerprint density at radius 2 is 1.14 bits per heavy atom. The highest BCUT2D eigenvalue weighted by Gasteiger charge is 2.26. The van der Waals surface area contributed by atoms with Gasteiger partial charge in [-0.15, -0.1) is 0 Å². The third-order valence-corrected chi connectivity index (χ3v) is 3.15. The van der Waals surface area contributed by atoms with E-state index in [4.69, 9.17) is 40.9 Å². The summed E-state index contributed by atoms with van der Waals surface area (Å²) in [5, 5.41) is 70.5. The average molecular weight is 328 g/mol. The summed E-state index contributed by atoms with van der Waals surface area (Å²) in [5.74, 6) is 0. The molecule has 0 aromatic carbocycles. The first-order valence-electron chi connectivity index (χ1n) is 7.51. The standard InChI is InChI=1S/2C7H16O4/c1-3-5(9)7(11)6(10)4(2)8;8-4-6(10)2-1-3-7(11)5-9/h4-11H,3H2,1-2H3;6-11H,1-5H2. The highest BCUT2D eigenvalue weighted by atomic mass is 16.4. The molecule has 8 heteroatoms.